The van der Waals surface area contributed by atoms with Crippen LogP contribution in [-0.2, 0) is 0 Å². The van der Waals surface area contributed by atoms with Crippen LogP contribution in [0.2, 0.25) is 0 Å². The Kier molecular flexibility index (Phi) is 3.85. The van der Waals surface area contributed by atoms with Gasteiger partial charge in [-0.3, -0.25) is 0 Å². The van der Waals surface area contributed by atoms with Gasteiger partial charge in [0.05, 0.1) is 0 Å². The zero-order valence-electron chi connectivity index (χ0n) is 10.6. The summed E-state index contributed by atoms with van der Waals surface area (Å²) in [6.45, 7) is 4.46. The largest absolute Gasteiger partial charge is 0.121 e. The Morgan fingerprint density at radius 3 is 3.06 bits per heavy atom. The number of hydrogen-bond acceptors (Lipinski definition) is 0. The van der Waals surface area contributed by atoms with Crippen LogP contribution in [0.25, 0.3) is 0 Å². The lowest BCUT2D eigenvalue weighted by Gasteiger charge is -2.24. The highest BCUT2D eigenvalue weighted by atomic mass is 14.2. The zero-order chi connectivity index (χ0) is 11.4. The van der Waals surface area contributed by atoms with Gasteiger partial charge in [0.15, 0.2) is 0 Å². The van der Waals surface area contributed by atoms with Crippen molar-refractivity contribution in [2.75, 3.05) is 0 Å². The first-order valence-corrected chi connectivity index (χ1v) is 6.60. The molecule has 2 rings (SSSR count). The summed E-state index contributed by atoms with van der Waals surface area (Å²) in [6.07, 6.45) is 14.6. The first kappa shape index (κ1) is 11.5. The number of hydrogen-bond donors (Lipinski definition) is 0. The maximum absolute atomic E-state index is 3.41. The number of allylic oxidation sites excluding steroid dienone is 5. The molecule has 0 nitrogen and oxygen atoms in total. The van der Waals surface area contributed by atoms with Gasteiger partial charge in [0.2, 0.25) is 0 Å². The van der Waals surface area contributed by atoms with Gasteiger partial charge in [-0.2, -0.15) is 0 Å². The van der Waals surface area contributed by atoms with Crippen molar-refractivity contribution in [2.24, 2.45) is 5.92 Å². The van der Waals surface area contributed by atoms with Crippen LogP contribution in [0.5, 0.6) is 0 Å². The fraction of sp³-hybridized carbons (Fsp3) is 0.562. The van der Waals surface area contributed by atoms with Crippen molar-refractivity contribution in [1.82, 2.24) is 0 Å². The Balaban J connectivity index is 2.19. The maximum Gasteiger partial charge on any atom is -0.00621 e. The predicted molar refractivity (Wildman–Crippen MR) is 70.3 cm³/mol. The van der Waals surface area contributed by atoms with Gasteiger partial charge in [-0.1, -0.05) is 31.9 Å². The minimum Gasteiger partial charge on any atom is -0.121 e. The van der Waals surface area contributed by atoms with Crippen LogP contribution >= 0.6 is 0 Å². The molecule has 0 saturated carbocycles. The molecular weight excluding hydrogens is 192 g/mol. The van der Waals surface area contributed by atoms with E-state index in [0.717, 1.165) is 12.3 Å². The molecule has 0 aromatic carbocycles. The van der Waals surface area contributed by atoms with E-state index in [2.05, 4.69) is 37.8 Å². The maximum atomic E-state index is 3.41. The quantitative estimate of drug-likeness (QED) is 0.571. The van der Waals surface area contributed by atoms with E-state index in [1.165, 1.54) is 43.3 Å². The molecule has 86 valence electrons. The van der Waals surface area contributed by atoms with Crippen LogP contribution in [0.3, 0.4) is 0 Å². The van der Waals surface area contributed by atoms with Crippen molar-refractivity contribution < 1.29 is 0 Å². The minimum absolute atomic E-state index is 0.923. The molecule has 0 heteroatoms. The molecular formula is C16H22. The Morgan fingerprint density at radius 1 is 1.38 bits per heavy atom. The molecule has 2 aliphatic carbocycles. The number of rotatable bonds is 2. The highest BCUT2D eigenvalue weighted by Crippen LogP contribution is 2.34. The summed E-state index contributed by atoms with van der Waals surface area (Å²) in [4.78, 5) is 0. The molecule has 0 saturated heterocycles. The summed E-state index contributed by atoms with van der Waals surface area (Å²) < 4.78 is 0. The van der Waals surface area contributed by atoms with Gasteiger partial charge in [-0.15, -0.1) is 5.73 Å². The summed E-state index contributed by atoms with van der Waals surface area (Å²) in [6, 6.07) is 0. The minimum atomic E-state index is 0.923. The molecule has 0 heterocycles. The molecule has 0 fully saturated rings. The van der Waals surface area contributed by atoms with Crippen molar-refractivity contribution in [3.63, 3.8) is 0 Å². The lowest BCUT2D eigenvalue weighted by molar-refractivity contribution is 0.427. The SMILES string of the molecule is CCCC1CCC2=C(C=CCC(C)=C=C2)C1. The van der Waals surface area contributed by atoms with Crippen LogP contribution in [0.15, 0.2) is 40.7 Å². The summed E-state index contributed by atoms with van der Waals surface area (Å²) in [5.41, 5.74) is 7.86. The predicted octanol–water partition coefficient (Wildman–Crippen LogP) is 4.94. The Hall–Kier alpha value is -1.00. The van der Waals surface area contributed by atoms with Crippen LogP contribution in [0, 0.1) is 5.92 Å². The van der Waals surface area contributed by atoms with Gasteiger partial charge in [-0.05, 0) is 61.3 Å². The van der Waals surface area contributed by atoms with Crippen molar-refractivity contribution in [2.45, 2.75) is 52.4 Å². The van der Waals surface area contributed by atoms with Gasteiger partial charge < -0.3 is 0 Å². The molecule has 0 N–H and O–H groups in total. The Labute approximate surface area is 99.4 Å². The molecule has 2 aliphatic rings. The van der Waals surface area contributed by atoms with Crippen molar-refractivity contribution in [3.8, 4) is 0 Å². The van der Waals surface area contributed by atoms with Crippen LogP contribution in [0.4, 0.5) is 0 Å². The van der Waals surface area contributed by atoms with Gasteiger partial charge in [0.25, 0.3) is 0 Å². The summed E-state index contributed by atoms with van der Waals surface area (Å²) in [5.74, 6) is 0.923. The first-order valence-electron chi connectivity index (χ1n) is 6.60. The van der Waals surface area contributed by atoms with E-state index in [1.54, 1.807) is 5.57 Å². The van der Waals surface area contributed by atoms with Gasteiger partial charge in [0, 0.05) is 0 Å². The van der Waals surface area contributed by atoms with E-state index < -0.39 is 0 Å². The monoisotopic (exact) mass is 214 g/mol. The van der Waals surface area contributed by atoms with Gasteiger partial charge >= 0.3 is 0 Å². The van der Waals surface area contributed by atoms with Crippen molar-refractivity contribution in [1.29, 1.82) is 0 Å². The second-order valence-corrected chi connectivity index (χ2v) is 5.12. The van der Waals surface area contributed by atoms with Crippen LogP contribution in [-0.4, -0.2) is 0 Å². The molecule has 0 spiro atoms. The topological polar surface area (TPSA) is 0 Å². The third-order valence-electron chi connectivity index (χ3n) is 3.68. The smallest absolute Gasteiger partial charge is 0.00621 e. The normalized spacial score (nSPS) is 24.9. The highest BCUT2D eigenvalue weighted by Gasteiger charge is 2.17. The molecule has 16 heavy (non-hydrogen) atoms. The van der Waals surface area contributed by atoms with E-state index >= 15 is 0 Å². The third kappa shape index (κ3) is 2.77. The Bertz CT molecular complexity index is 373. The summed E-state index contributed by atoms with van der Waals surface area (Å²) >= 11 is 0. The average molecular weight is 214 g/mol. The standard InChI is InChI=1S/C16H22/c1-3-5-14-9-11-15-10-8-13(2)6-4-7-16(15)12-14/h4,7,10,14H,3,5-6,9,11-12H2,1-2H3. The summed E-state index contributed by atoms with van der Waals surface area (Å²) in [7, 11) is 0. The molecule has 1 atom stereocenters. The van der Waals surface area contributed by atoms with Gasteiger partial charge in [0.1, 0.15) is 0 Å². The zero-order valence-corrected chi connectivity index (χ0v) is 10.6. The summed E-state index contributed by atoms with van der Waals surface area (Å²) in [5, 5.41) is 0. The Morgan fingerprint density at radius 2 is 2.25 bits per heavy atom. The molecule has 0 aromatic heterocycles. The van der Waals surface area contributed by atoms with E-state index in [4.69, 9.17) is 0 Å². The average Bonchev–Trinajstić information content (AvgIpc) is 2.26. The fourth-order valence-corrected chi connectivity index (χ4v) is 2.71. The van der Waals surface area contributed by atoms with E-state index in [1.807, 2.05) is 0 Å². The van der Waals surface area contributed by atoms with E-state index in [0.29, 0.717) is 0 Å². The second-order valence-electron chi connectivity index (χ2n) is 5.12. The fourth-order valence-electron chi connectivity index (χ4n) is 2.71. The molecule has 0 amide bonds. The van der Waals surface area contributed by atoms with E-state index in [-0.39, 0.29) is 0 Å². The lowest BCUT2D eigenvalue weighted by atomic mass is 9.81. The third-order valence-corrected chi connectivity index (χ3v) is 3.68. The van der Waals surface area contributed by atoms with Crippen LogP contribution < -0.4 is 0 Å². The van der Waals surface area contributed by atoms with Crippen LogP contribution in [0.1, 0.15) is 52.4 Å². The molecule has 1 unspecified atom stereocenters. The van der Waals surface area contributed by atoms with Crippen molar-refractivity contribution >= 4 is 0 Å². The molecule has 0 bridgehead atoms. The lowest BCUT2D eigenvalue weighted by Crippen LogP contribution is -2.09. The molecule has 0 radical (unpaired) electrons. The van der Waals surface area contributed by atoms with E-state index in [9.17, 15) is 0 Å². The van der Waals surface area contributed by atoms with Gasteiger partial charge in [-0.25, -0.2) is 0 Å². The second kappa shape index (κ2) is 5.37. The van der Waals surface area contributed by atoms with Crippen molar-refractivity contribution in [3.05, 3.63) is 40.7 Å². The molecule has 0 aromatic rings. The first-order chi connectivity index (χ1) is 7.79. The highest BCUT2D eigenvalue weighted by molar-refractivity contribution is 5.37. The molecule has 0 aliphatic heterocycles.